The molecule has 2 N–H and O–H groups in total. The van der Waals surface area contributed by atoms with Crippen molar-refractivity contribution in [1.82, 2.24) is 19.9 Å². The van der Waals surface area contributed by atoms with Gasteiger partial charge in [0, 0.05) is 32.7 Å². The Bertz CT molecular complexity index is 776. The summed E-state index contributed by atoms with van der Waals surface area (Å²) in [5, 5.41) is 11.1. The number of hydrogen-bond donors (Lipinski definition) is 2. The third-order valence-electron chi connectivity index (χ3n) is 4.18. The van der Waals surface area contributed by atoms with Crippen LogP contribution < -0.4 is 15.5 Å². The lowest BCUT2D eigenvalue weighted by atomic mass is 10.2. The van der Waals surface area contributed by atoms with Gasteiger partial charge in [0.1, 0.15) is 11.8 Å². The third-order valence-corrected chi connectivity index (χ3v) is 4.18. The molecule has 0 saturated carbocycles. The van der Waals surface area contributed by atoms with Gasteiger partial charge in [-0.05, 0) is 11.6 Å². The fraction of sp³-hybridized carbons (Fsp3) is 0.294. The molecule has 6 nitrogen and oxygen atoms in total. The summed E-state index contributed by atoms with van der Waals surface area (Å²) in [6.07, 6.45) is 3.68. The molecule has 0 bridgehead atoms. The minimum atomic E-state index is 0.752. The van der Waals surface area contributed by atoms with Crippen LogP contribution in [0, 0.1) is 0 Å². The predicted molar refractivity (Wildman–Crippen MR) is 91.8 cm³/mol. The van der Waals surface area contributed by atoms with Gasteiger partial charge in [0.05, 0.1) is 11.9 Å². The second-order valence-corrected chi connectivity index (χ2v) is 5.71. The number of benzene rings is 1. The van der Waals surface area contributed by atoms with E-state index in [-0.39, 0.29) is 0 Å². The molecule has 0 aliphatic carbocycles. The minimum Gasteiger partial charge on any atom is -0.368 e. The number of hydrogen-bond acceptors (Lipinski definition) is 5. The van der Waals surface area contributed by atoms with E-state index in [2.05, 4.69) is 50.0 Å². The zero-order chi connectivity index (χ0) is 15.5. The van der Waals surface area contributed by atoms with Gasteiger partial charge in [0.2, 0.25) is 0 Å². The van der Waals surface area contributed by atoms with Crippen molar-refractivity contribution in [3.8, 4) is 0 Å². The smallest absolute Gasteiger partial charge is 0.154 e. The maximum Gasteiger partial charge on any atom is 0.154 e. The van der Waals surface area contributed by atoms with Gasteiger partial charge in [0.25, 0.3) is 0 Å². The quantitative estimate of drug-likeness (QED) is 0.769. The molecular formula is C17H20N6. The average Bonchev–Trinajstić information content (AvgIpc) is 3.06. The molecule has 0 spiro atoms. The van der Waals surface area contributed by atoms with E-state index in [0.29, 0.717) is 0 Å². The number of aromatic nitrogens is 3. The summed E-state index contributed by atoms with van der Waals surface area (Å²) in [4.78, 5) is 6.79. The van der Waals surface area contributed by atoms with Crippen LogP contribution in [0.5, 0.6) is 0 Å². The molecule has 0 unspecified atom stereocenters. The summed E-state index contributed by atoms with van der Waals surface area (Å²) in [7, 11) is 0. The lowest BCUT2D eigenvalue weighted by Crippen LogP contribution is -2.43. The van der Waals surface area contributed by atoms with Crippen molar-refractivity contribution < 1.29 is 0 Å². The molecule has 2 aromatic heterocycles. The van der Waals surface area contributed by atoms with E-state index in [1.165, 1.54) is 11.3 Å². The fourth-order valence-corrected chi connectivity index (χ4v) is 2.93. The van der Waals surface area contributed by atoms with Gasteiger partial charge >= 0.3 is 0 Å². The first-order chi connectivity index (χ1) is 11.4. The maximum absolute atomic E-state index is 4.41. The molecule has 0 atom stereocenters. The van der Waals surface area contributed by atoms with Gasteiger partial charge in [0.15, 0.2) is 5.82 Å². The number of piperazine rings is 1. The van der Waals surface area contributed by atoms with E-state index in [4.69, 9.17) is 0 Å². The van der Waals surface area contributed by atoms with Crippen molar-refractivity contribution in [3.05, 3.63) is 54.5 Å². The molecule has 0 radical (unpaired) electrons. The fourth-order valence-electron chi connectivity index (χ4n) is 2.93. The molecule has 1 aliphatic heterocycles. The van der Waals surface area contributed by atoms with Crippen LogP contribution in [0.15, 0.2) is 48.9 Å². The number of fused-ring (bicyclic) bond motifs is 1. The Morgan fingerprint density at radius 3 is 2.78 bits per heavy atom. The summed E-state index contributed by atoms with van der Waals surface area (Å²) < 4.78 is 1.90. The van der Waals surface area contributed by atoms with E-state index in [1.807, 2.05) is 22.7 Å². The second-order valence-electron chi connectivity index (χ2n) is 5.71. The monoisotopic (exact) mass is 308 g/mol. The molecule has 3 aromatic rings. The number of nitrogens with zero attached hydrogens (tertiary/aromatic N) is 4. The Balaban J connectivity index is 1.58. The summed E-state index contributed by atoms with van der Waals surface area (Å²) >= 11 is 0. The van der Waals surface area contributed by atoms with Crippen LogP contribution in [0.3, 0.4) is 0 Å². The minimum absolute atomic E-state index is 0.752. The van der Waals surface area contributed by atoms with E-state index in [0.717, 1.165) is 44.1 Å². The van der Waals surface area contributed by atoms with Crippen LogP contribution in [-0.4, -0.2) is 40.8 Å². The average molecular weight is 308 g/mol. The molecule has 23 heavy (non-hydrogen) atoms. The number of nitrogens with one attached hydrogen (secondary N) is 2. The van der Waals surface area contributed by atoms with E-state index in [9.17, 15) is 0 Å². The van der Waals surface area contributed by atoms with Gasteiger partial charge < -0.3 is 15.5 Å². The predicted octanol–water partition coefficient (Wildman–Crippen LogP) is 1.75. The molecule has 1 aromatic carbocycles. The topological polar surface area (TPSA) is 57.5 Å². The molecular weight excluding hydrogens is 288 g/mol. The maximum atomic E-state index is 4.41. The Kier molecular flexibility index (Phi) is 3.81. The van der Waals surface area contributed by atoms with Crippen LogP contribution in [0.4, 0.5) is 11.5 Å². The lowest BCUT2D eigenvalue weighted by Gasteiger charge is -2.28. The largest absolute Gasteiger partial charge is 0.368 e. The molecule has 1 saturated heterocycles. The van der Waals surface area contributed by atoms with Gasteiger partial charge in [-0.1, -0.05) is 30.3 Å². The Labute approximate surface area is 135 Å². The van der Waals surface area contributed by atoms with Crippen LogP contribution >= 0.6 is 0 Å². The first-order valence-electron chi connectivity index (χ1n) is 7.97. The molecule has 0 amide bonds. The summed E-state index contributed by atoms with van der Waals surface area (Å²) in [5.41, 5.74) is 3.45. The van der Waals surface area contributed by atoms with Crippen LogP contribution in [0.25, 0.3) is 5.52 Å². The lowest BCUT2D eigenvalue weighted by molar-refractivity contribution is 0.589. The third kappa shape index (κ3) is 2.98. The molecule has 3 heterocycles. The second kappa shape index (κ2) is 6.26. The Morgan fingerprint density at radius 2 is 1.96 bits per heavy atom. The molecule has 1 fully saturated rings. The highest BCUT2D eigenvalue weighted by atomic mass is 15.3. The van der Waals surface area contributed by atoms with E-state index in [1.54, 1.807) is 6.33 Å². The van der Waals surface area contributed by atoms with Crippen LogP contribution in [0.1, 0.15) is 5.56 Å². The van der Waals surface area contributed by atoms with Crippen molar-refractivity contribution in [2.75, 3.05) is 36.4 Å². The SMILES string of the molecule is c1ccc(CNc2ncnn3cc(N4CCNCC4)cc23)cc1. The highest BCUT2D eigenvalue weighted by Gasteiger charge is 2.14. The normalized spacial score (nSPS) is 15.0. The van der Waals surface area contributed by atoms with Crippen molar-refractivity contribution in [2.45, 2.75) is 6.54 Å². The van der Waals surface area contributed by atoms with Crippen molar-refractivity contribution >= 4 is 17.0 Å². The first-order valence-corrected chi connectivity index (χ1v) is 7.97. The zero-order valence-corrected chi connectivity index (χ0v) is 12.9. The number of rotatable bonds is 4. The highest BCUT2D eigenvalue weighted by molar-refractivity contribution is 5.73. The van der Waals surface area contributed by atoms with Gasteiger partial charge in [-0.2, -0.15) is 5.10 Å². The summed E-state index contributed by atoms with van der Waals surface area (Å²) in [6.45, 7) is 4.85. The van der Waals surface area contributed by atoms with Crippen LogP contribution in [-0.2, 0) is 6.54 Å². The first kappa shape index (κ1) is 14.0. The van der Waals surface area contributed by atoms with Gasteiger partial charge in [-0.15, -0.1) is 0 Å². The van der Waals surface area contributed by atoms with Crippen molar-refractivity contribution in [3.63, 3.8) is 0 Å². The Morgan fingerprint density at radius 1 is 1.13 bits per heavy atom. The van der Waals surface area contributed by atoms with Gasteiger partial charge in [-0.25, -0.2) is 9.50 Å². The molecule has 1 aliphatic rings. The standard InChI is InChI=1S/C17H20N6/c1-2-4-14(5-3-1)11-19-17-16-10-15(12-23(16)21-13-20-17)22-8-6-18-7-9-22/h1-5,10,12-13,18H,6-9,11H2,(H,19,20,21). The zero-order valence-electron chi connectivity index (χ0n) is 12.9. The molecule has 4 rings (SSSR count). The highest BCUT2D eigenvalue weighted by Crippen LogP contribution is 2.23. The summed E-state index contributed by atoms with van der Waals surface area (Å²) in [6, 6.07) is 12.5. The van der Waals surface area contributed by atoms with E-state index >= 15 is 0 Å². The van der Waals surface area contributed by atoms with Crippen molar-refractivity contribution in [1.29, 1.82) is 0 Å². The van der Waals surface area contributed by atoms with E-state index < -0.39 is 0 Å². The molecule has 118 valence electrons. The number of anilines is 2. The van der Waals surface area contributed by atoms with Crippen LogP contribution in [0.2, 0.25) is 0 Å². The summed E-state index contributed by atoms with van der Waals surface area (Å²) in [5.74, 6) is 0.866. The Hall–Kier alpha value is -2.60. The van der Waals surface area contributed by atoms with Gasteiger partial charge in [-0.3, -0.25) is 0 Å². The van der Waals surface area contributed by atoms with Crippen molar-refractivity contribution in [2.24, 2.45) is 0 Å². The molecule has 6 heteroatoms.